The number of aliphatic hydroxyl groups is 1. The summed E-state index contributed by atoms with van der Waals surface area (Å²) in [6, 6.07) is 10.3. The predicted octanol–water partition coefficient (Wildman–Crippen LogP) is 4.75. The molecule has 1 aliphatic rings. The van der Waals surface area contributed by atoms with Crippen LogP contribution in [0.2, 0.25) is 0 Å². The molecular weight excluding hydrogens is 343 g/mol. The van der Waals surface area contributed by atoms with Gasteiger partial charge in [0, 0.05) is 8.48 Å². The average molecular weight is 360 g/mol. The van der Waals surface area contributed by atoms with E-state index in [1.165, 1.54) is 11.3 Å². The first kappa shape index (κ1) is 13.4. The molecular formula is C14H17IOS. The SMILES string of the molecule is OC1(/C(I)=C/Sc2ccccc2)CCCCC1. The van der Waals surface area contributed by atoms with Crippen LogP contribution in [-0.4, -0.2) is 10.7 Å². The minimum absolute atomic E-state index is 0.555. The second-order valence-corrected chi connectivity index (χ2v) is 6.59. The van der Waals surface area contributed by atoms with Crippen molar-refractivity contribution in [3.63, 3.8) is 0 Å². The monoisotopic (exact) mass is 360 g/mol. The predicted molar refractivity (Wildman–Crippen MR) is 82.4 cm³/mol. The lowest BCUT2D eigenvalue weighted by atomic mass is 9.85. The molecule has 1 aliphatic carbocycles. The summed E-state index contributed by atoms with van der Waals surface area (Å²) < 4.78 is 1.09. The summed E-state index contributed by atoms with van der Waals surface area (Å²) in [4.78, 5) is 1.22. The van der Waals surface area contributed by atoms with Gasteiger partial charge in [-0.05, 0) is 53.0 Å². The lowest BCUT2D eigenvalue weighted by Crippen LogP contribution is -2.31. The molecule has 0 amide bonds. The van der Waals surface area contributed by atoms with Gasteiger partial charge in [0.05, 0.1) is 5.60 Å². The van der Waals surface area contributed by atoms with Gasteiger partial charge in [0.1, 0.15) is 0 Å². The Balaban J connectivity index is 2.01. The summed E-state index contributed by atoms with van der Waals surface area (Å²) in [6.07, 6.45) is 5.38. The highest BCUT2D eigenvalue weighted by atomic mass is 127. The molecule has 0 radical (unpaired) electrons. The minimum atomic E-state index is -0.555. The van der Waals surface area contributed by atoms with E-state index >= 15 is 0 Å². The Labute approximate surface area is 121 Å². The van der Waals surface area contributed by atoms with E-state index < -0.39 is 5.60 Å². The first-order valence-corrected chi connectivity index (χ1v) is 7.97. The molecule has 0 spiro atoms. The molecule has 3 heteroatoms. The summed E-state index contributed by atoms with van der Waals surface area (Å²) in [7, 11) is 0. The molecule has 1 N–H and O–H groups in total. The second-order valence-electron chi connectivity index (χ2n) is 4.49. The van der Waals surface area contributed by atoms with Gasteiger partial charge in [0.2, 0.25) is 0 Å². The van der Waals surface area contributed by atoms with Crippen molar-refractivity contribution < 1.29 is 5.11 Å². The molecule has 2 rings (SSSR count). The topological polar surface area (TPSA) is 20.2 Å². The third kappa shape index (κ3) is 3.73. The van der Waals surface area contributed by atoms with E-state index in [0.29, 0.717) is 0 Å². The third-order valence-electron chi connectivity index (χ3n) is 3.17. The summed E-state index contributed by atoms with van der Waals surface area (Å²) in [6.45, 7) is 0. The smallest absolute Gasteiger partial charge is 0.0958 e. The molecule has 0 aromatic heterocycles. The van der Waals surface area contributed by atoms with Gasteiger partial charge in [0.15, 0.2) is 0 Å². The Morgan fingerprint density at radius 3 is 2.47 bits per heavy atom. The van der Waals surface area contributed by atoms with Crippen molar-refractivity contribution in [1.29, 1.82) is 0 Å². The van der Waals surface area contributed by atoms with Gasteiger partial charge in [-0.25, -0.2) is 0 Å². The quantitative estimate of drug-likeness (QED) is 0.620. The zero-order valence-corrected chi connectivity index (χ0v) is 12.7. The lowest BCUT2D eigenvalue weighted by molar-refractivity contribution is 0.0497. The number of hydrogen-bond acceptors (Lipinski definition) is 2. The number of rotatable bonds is 3. The molecule has 0 heterocycles. The molecule has 0 saturated heterocycles. The maximum atomic E-state index is 10.5. The number of hydrogen-bond donors (Lipinski definition) is 1. The number of thioether (sulfide) groups is 1. The van der Waals surface area contributed by atoms with Gasteiger partial charge in [-0.2, -0.15) is 0 Å². The van der Waals surface area contributed by atoms with Gasteiger partial charge in [0.25, 0.3) is 0 Å². The molecule has 1 aromatic rings. The second kappa shape index (κ2) is 6.25. The zero-order chi connectivity index (χ0) is 12.1. The molecule has 0 aliphatic heterocycles. The standard InChI is InChI=1S/C14H17IOS/c15-13(14(16)9-5-2-6-10-14)11-17-12-7-3-1-4-8-12/h1,3-4,7-8,11,16H,2,5-6,9-10H2/b13-11-. The Bertz CT molecular complexity index is 382. The maximum Gasteiger partial charge on any atom is 0.0958 e. The number of benzene rings is 1. The van der Waals surface area contributed by atoms with Crippen molar-refractivity contribution in [1.82, 2.24) is 0 Å². The fourth-order valence-corrected chi connectivity index (χ4v) is 3.80. The Morgan fingerprint density at radius 2 is 1.82 bits per heavy atom. The molecule has 0 unspecified atom stereocenters. The van der Waals surface area contributed by atoms with E-state index in [2.05, 4.69) is 40.1 Å². The van der Waals surface area contributed by atoms with E-state index in [4.69, 9.17) is 0 Å². The van der Waals surface area contributed by atoms with Crippen LogP contribution in [0.3, 0.4) is 0 Å². The molecule has 0 bridgehead atoms. The van der Waals surface area contributed by atoms with Crippen LogP contribution in [0, 0.1) is 0 Å². The highest BCUT2D eigenvalue weighted by Crippen LogP contribution is 2.39. The molecule has 1 nitrogen and oxygen atoms in total. The van der Waals surface area contributed by atoms with Crippen molar-refractivity contribution in [2.24, 2.45) is 0 Å². The van der Waals surface area contributed by atoms with Crippen molar-refractivity contribution in [2.75, 3.05) is 0 Å². The van der Waals surface area contributed by atoms with Crippen molar-refractivity contribution in [2.45, 2.75) is 42.6 Å². The first-order valence-electron chi connectivity index (χ1n) is 6.01. The van der Waals surface area contributed by atoms with Crippen molar-refractivity contribution in [3.05, 3.63) is 39.3 Å². The lowest BCUT2D eigenvalue weighted by Gasteiger charge is -2.31. The Kier molecular flexibility index (Phi) is 4.94. The molecule has 1 saturated carbocycles. The highest BCUT2D eigenvalue weighted by molar-refractivity contribution is 14.1. The fourth-order valence-electron chi connectivity index (χ4n) is 2.10. The van der Waals surface area contributed by atoms with Gasteiger partial charge >= 0.3 is 0 Å². The van der Waals surface area contributed by atoms with Crippen molar-refractivity contribution >= 4 is 34.4 Å². The maximum absolute atomic E-state index is 10.5. The summed E-state index contributed by atoms with van der Waals surface area (Å²) >= 11 is 3.99. The fraction of sp³-hybridized carbons (Fsp3) is 0.429. The van der Waals surface area contributed by atoms with Crippen LogP contribution in [-0.2, 0) is 0 Å². The Morgan fingerprint density at radius 1 is 1.18 bits per heavy atom. The molecule has 17 heavy (non-hydrogen) atoms. The molecule has 92 valence electrons. The largest absolute Gasteiger partial charge is 0.385 e. The van der Waals surface area contributed by atoms with Crippen LogP contribution in [0.1, 0.15) is 32.1 Å². The van der Waals surface area contributed by atoms with Crippen LogP contribution in [0.4, 0.5) is 0 Å². The van der Waals surface area contributed by atoms with Crippen LogP contribution < -0.4 is 0 Å². The molecule has 1 aromatic carbocycles. The normalized spacial score (nSPS) is 20.2. The van der Waals surface area contributed by atoms with Gasteiger partial charge in [-0.15, -0.1) is 0 Å². The minimum Gasteiger partial charge on any atom is -0.385 e. The van der Waals surface area contributed by atoms with E-state index in [1.54, 1.807) is 11.8 Å². The van der Waals surface area contributed by atoms with Crippen LogP contribution in [0.25, 0.3) is 0 Å². The highest BCUT2D eigenvalue weighted by Gasteiger charge is 2.31. The number of halogens is 1. The average Bonchev–Trinajstić information content (AvgIpc) is 2.38. The van der Waals surface area contributed by atoms with E-state index in [1.807, 2.05) is 18.2 Å². The van der Waals surface area contributed by atoms with Gasteiger partial charge in [-0.3, -0.25) is 0 Å². The first-order chi connectivity index (χ1) is 8.21. The molecule has 0 atom stereocenters. The summed E-state index contributed by atoms with van der Waals surface area (Å²) in [5.74, 6) is 0. The van der Waals surface area contributed by atoms with Gasteiger partial charge < -0.3 is 5.11 Å². The van der Waals surface area contributed by atoms with Crippen LogP contribution in [0.15, 0.2) is 44.2 Å². The van der Waals surface area contributed by atoms with E-state index in [-0.39, 0.29) is 0 Å². The Hall–Kier alpha value is -0.000000000000000111. The van der Waals surface area contributed by atoms with E-state index in [9.17, 15) is 5.11 Å². The summed E-state index contributed by atoms with van der Waals surface area (Å²) in [5, 5.41) is 12.6. The van der Waals surface area contributed by atoms with Crippen molar-refractivity contribution in [3.8, 4) is 0 Å². The third-order valence-corrected chi connectivity index (χ3v) is 5.80. The van der Waals surface area contributed by atoms with Crippen LogP contribution >= 0.6 is 34.4 Å². The molecule has 1 fully saturated rings. The van der Waals surface area contributed by atoms with Crippen LogP contribution in [0.5, 0.6) is 0 Å². The van der Waals surface area contributed by atoms with Gasteiger partial charge in [-0.1, -0.05) is 49.2 Å². The zero-order valence-electron chi connectivity index (χ0n) is 9.73. The summed E-state index contributed by atoms with van der Waals surface area (Å²) in [5.41, 5.74) is -0.555. The van der Waals surface area contributed by atoms with E-state index in [0.717, 1.165) is 29.3 Å².